The number of anilines is 1. The normalized spacial score (nSPS) is 15.2. The second-order valence-electron chi connectivity index (χ2n) is 5.08. The van der Waals surface area contributed by atoms with E-state index >= 15 is 0 Å². The maximum Gasteiger partial charge on any atom is 0.237 e. The van der Waals surface area contributed by atoms with Gasteiger partial charge in [-0.2, -0.15) is 0 Å². The van der Waals surface area contributed by atoms with Crippen molar-refractivity contribution >= 4 is 35.1 Å². The standard InChI is InChI=1S/C15H16Cl2N4O/c16-11-14(22)19-6-8-20(9-7-19)15-18-4-5-21(15)13-3-1-2-12(17)10-13/h1-5,10H,6-9,11H2. The summed E-state index contributed by atoms with van der Waals surface area (Å²) in [7, 11) is 0. The van der Waals surface area contributed by atoms with Crippen molar-refractivity contribution in [2.45, 2.75) is 0 Å². The van der Waals surface area contributed by atoms with Crippen LogP contribution in [-0.4, -0.2) is 52.4 Å². The number of carbonyl (C=O) groups excluding carboxylic acids is 1. The number of benzene rings is 1. The second kappa shape index (κ2) is 6.58. The highest BCUT2D eigenvalue weighted by atomic mass is 35.5. The number of aromatic nitrogens is 2. The van der Waals surface area contributed by atoms with Crippen molar-refractivity contribution in [1.82, 2.24) is 14.5 Å². The van der Waals surface area contributed by atoms with Crippen LogP contribution in [0.2, 0.25) is 5.02 Å². The van der Waals surface area contributed by atoms with Crippen LogP contribution in [0.1, 0.15) is 0 Å². The summed E-state index contributed by atoms with van der Waals surface area (Å²) < 4.78 is 2.00. The summed E-state index contributed by atoms with van der Waals surface area (Å²) in [6, 6.07) is 7.65. The third-order valence-corrected chi connectivity index (χ3v) is 4.20. The number of halogens is 2. The summed E-state index contributed by atoms with van der Waals surface area (Å²) in [6.07, 6.45) is 3.68. The molecular formula is C15H16Cl2N4O. The van der Waals surface area contributed by atoms with Gasteiger partial charge in [0.05, 0.1) is 0 Å². The van der Waals surface area contributed by atoms with Crippen molar-refractivity contribution < 1.29 is 4.79 Å². The third-order valence-electron chi connectivity index (χ3n) is 3.74. The maximum atomic E-state index is 11.6. The second-order valence-corrected chi connectivity index (χ2v) is 5.78. The molecule has 1 fully saturated rings. The largest absolute Gasteiger partial charge is 0.338 e. The molecule has 1 aliphatic rings. The summed E-state index contributed by atoms with van der Waals surface area (Å²) in [4.78, 5) is 20.0. The minimum atomic E-state index is -0.0144. The summed E-state index contributed by atoms with van der Waals surface area (Å²) in [6.45, 7) is 2.79. The molecule has 7 heteroatoms. The van der Waals surface area contributed by atoms with Crippen molar-refractivity contribution in [3.8, 4) is 5.69 Å². The Bertz CT molecular complexity index is 665. The van der Waals surface area contributed by atoms with Crippen LogP contribution in [0.4, 0.5) is 5.95 Å². The van der Waals surface area contributed by atoms with Gasteiger partial charge in [0, 0.05) is 49.3 Å². The number of alkyl halides is 1. The van der Waals surface area contributed by atoms with Gasteiger partial charge in [0.15, 0.2) is 0 Å². The molecule has 0 N–H and O–H groups in total. The van der Waals surface area contributed by atoms with Gasteiger partial charge in [0.25, 0.3) is 0 Å². The average molecular weight is 339 g/mol. The van der Waals surface area contributed by atoms with Crippen LogP contribution in [0.15, 0.2) is 36.7 Å². The molecule has 1 aromatic carbocycles. The molecular weight excluding hydrogens is 323 g/mol. The molecule has 5 nitrogen and oxygen atoms in total. The van der Waals surface area contributed by atoms with Gasteiger partial charge in [0.2, 0.25) is 11.9 Å². The van der Waals surface area contributed by atoms with Crippen molar-refractivity contribution in [2.75, 3.05) is 37.0 Å². The smallest absolute Gasteiger partial charge is 0.237 e. The van der Waals surface area contributed by atoms with Gasteiger partial charge in [-0.1, -0.05) is 17.7 Å². The van der Waals surface area contributed by atoms with E-state index < -0.39 is 0 Å². The Morgan fingerprint density at radius 2 is 2.00 bits per heavy atom. The first-order valence-corrected chi connectivity index (χ1v) is 7.98. The van der Waals surface area contributed by atoms with E-state index in [-0.39, 0.29) is 11.8 Å². The SMILES string of the molecule is O=C(CCl)N1CCN(c2nccn2-c2cccc(Cl)c2)CC1. The quantitative estimate of drug-likeness (QED) is 0.807. The lowest BCUT2D eigenvalue weighted by Gasteiger charge is -2.35. The molecule has 0 unspecified atom stereocenters. The summed E-state index contributed by atoms with van der Waals surface area (Å²) in [5, 5.41) is 0.690. The molecule has 116 valence electrons. The van der Waals surface area contributed by atoms with Crippen LogP contribution < -0.4 is 4.90 Å². The van der Waals surface area contributed by atoms with Crippen LogP contribution in [-0.2, 0) is 4.79 Å². The summed E-state index contributed by atoms with van der Waals surface area (Å²) in [5.41, 5.74) is 0.972. The van der Waals surface area contributed by atoms with E-state index in [1.54, 1.807) is 11.1 Å². The van der Waals surface area contributed by atoms with Gasteiger partial charge in [-0.3, -0.25) is 9.36 Å². The van der Waals surface area contributed by atoms with Gasteiger partial charge < -0.3 is 9.80 Å². The third kappa shape index (κ3) is 3.05. The predicted molar refractivity (Wildman–Crippen MR) is 88.1 cm³/mol. The Morgan fingerprint density at radius 3 is 2.68 bits per heavy atom. The minimum Gasteiger partial charge on any atom is -0.338 e. The number of rotatable bonds is 3. The fraction of sp³-hybridized carbons (Fsp3) is 0.333. The Morgan fingerprint density at radius 1 is 1.23 bits per heavy atom. The first-order valence-electron chi connectivity index (χ1n) is 7.07. The van der Waals surface area contributed by atoms with Gasteiger partial charge in [-0.25, -0.2) is 4.98 Å². The highest BCUT2D eigenvalue weighted by Crippen LogP contribution is 2.22. The molecule has 1 aliphatic heterocycles. The van der Waals surface area contributed by atoms with Crippen LogP contribution >= 0.6 is 23.2 Å². The number of nitrogens with zero attached hydrogens (tertiary/aromatic N) is 4. The zero-order valence-corrected chi connectivity index (χ0v) is 13.5. The van der Waals surface area contributed by atoms with Crippen LogP contribution in [0.25, 0.3) is 5.69 Å². The van der Waals surface area contributed by atoms with Crippen molar-refractivity contribution in [3.63, 3.8) is 0 Å². The predicted octanol–water partition coefficient (Wildman–Crippen LogP) is 2.41. The van der Waals surface area contributed by atoms with Crippen LogP contribution in [0.3, 0.4) is 0 Å². The lowest BCUT2D eigenvalue weighted by Crippen LogP contribution is -2.49. The van der Waals surface area contributed by atoms with Crippen molar-refractivity contribution in [3.05, 3.63) is 41.7 Å². The summed E-state index contributed by atoms with van der Waals surface area (Å²) in [5.74, 6) is 0.886. The molecule has 3 rings (SSSR count). The topological polar surface area (TPSA) is 41.4 Å². The number of carbonyl (C=O) groups is 1. The molecule has 0 atom stereocenters. The average Bonchev–Trinajstić information content (AvgIpc) is 3.04. The highest BCUT2D eigenvalue weighted by Gasteiger charge is 2.23. The van der Waals surface area contributed by atoms with Gasteiger partial charge in [-0.05, 0) is 18.2 Å². The fourth-order valence-electron chi connectivity index (χ4n) is 2.60. The molecule has 1 aromatic heterocycles. The molecule has 2 heterocycles. The highest BCUT2D eigenvalue weighted by molar-refractivity contribution is 6.30. The molecule has 2 aromatic rings. The van der Waals surface area contributed by atoms with Crippen molar-refractivity contribution in [2.24, 2.45) is 0 Å². The Balaban J connectivity index is 1.78. The number of piperazine rings is 1. The molecule has 1 saturated heterocycles. The minimum absolute atomic E-state index is 0.0144. The van der Waals surface area contributed by atoms with E-state index in [2.05, 4.69) is 9.88 Å². The number of hydrogen-bond donors (Lipinski definition) is 0. The van der Waals surface area contributed by atoms with Crippen LogP contribution in [0, 0.1) is 0 Å². The fourth-order valence-corrected chi connectivity index (χ4v) is 2.95. The molecule has 0 aliphatic carbocycles. The first-order chi connectivity index (χ1) is 10.7. The summed E-state index contributed by atoms with van der Waals surface area (Å²) >= 11 is 11.7. The van der Waals surface area contributed by atoms with E-state index in [0.717, 1.165) is 24.7 Å². The molecule has 0 radical (unpaired) electrons. The van der Waals surface area contributed by atoms with E-state index in [4.69, 9.17) is 23.2 Å². The van der Waals surface area contributed by atoms with E-state index in [1.807, 2.05) is 35.0 Å². The Kier molecular flexibility index (Phi) is 4.55. The zero-order valence-electron chi connectivity index (χ0n) is 12.0. The monoisotopic (exact) mass is 338 g/mol. The van der Waals surface area contributed by atoms with Gasteiger partial charge in [0.1, 0.15) is 5.88 Å². The number of imidazole rings is 1. The molecule has 0 saturated carbocycles. The Labute approximate surface area is 139 Å². The van der Waals surface area contributed by atoms with Gasteiger partial charge >= 0.3 is 0 Å². The molecule has 1 amide bonds. The maximum absolute atomic E-state index is 11.6. The van der Waals surface area contributed by atoms with Crippen molar-refractivity contribution in [1.29, 1.82) is 0 Å². The number of amides is 1. The van der Waals surface area contributed by atoms with Crippen LogP contribution in [0.5, 0.6) is 0 Å². The zero-order chi connectivity index (χ0) is 15.5. The lowest BCUT2D eigenvalue weighted by molar-refractivity contribution is -0.128. The van der Waals surface area contributed by atoms with Gasteiger partial charge in [-0.15, -0.1) is 11.6 Å². The van der Waals surface area contributed by atoms with E-state index in [1.165, 1.54) is 0 Å². The molecule has 0 bridgehead atoms. The molecule has 22 heavy (non-hydrogen) atoms. The molecule has 0 spiro atoms. The van der Waals surface area contributed by atoms with E-state index in [9.17, 15) is 4.79 Å². The Hall–Kier alpha value is -1.72. The number of hydrogen-bond acceptors (Lipinski definition) is 3. The lowest BCUT2D eigenvalue weighted by atomic mass is 10.3. The first kappa shape index (κ1) is 15.2. The van der Waals surface area contributed by atoms with E-state index in [0.29, 0.717) is 18.1 Å².